The number of rotatable bonds is 7. The molecular formula is C21H22ClN5O4. The van der Waals surface area contributed by atoms with Gasteiger partial charge in [-0.25, -0.2) is 0 Å². The third kappa shape index (κ3) is 4.23. The number of hydrogen-bond acceptors (Lipinski definition) is 6. The summed E-state index contributed by atoms with van der Waals surface area (Å²) in [5, 5.41) is 8.37. The molecule has 0 spiro atoms. The lowest BCUT2D eigenvalue weighted by atomic mass is 9.84. The van der Waals surface area contributed by atoms with Crippen molar-refractivity contribution in [3.05, 3.63) is 58.6 Å². The van der Waals surface area contributed by atoms with Crippen LogP contribution in [0.15, 0.2) is 47.5 Å². The minimum absolute atomic E-state index is 0.0135. The fourth-order valence-corrected chi connectivity index (χ4v) is 3.58. The standard InChI is InChI=1S/C21H22ClN5O4/c1-3-31-14-8-9-15(16(22)10-14)18(28)27-13-6-4-12(5-7-13)21(20(23)30)17(19(29)24-2)25-11-26-21/h4-10,26H,3,11H2,1-2H3,(H2,23,30)(H,24,29)(H,27,28). The number of amides is 3. The van der Waals surface area contributed by atoms with E-state index in [1.807, 2.05) is 6.92 Å². The molecule has 0 aromatic heterocycles. The summed E-state index contributed by atoms with van der Waals surface area (Å²) in [6.07, 6.45) is 0. The van der Waals surface area contributed by atoms with Crippen LogP contribution in [0.1, 0.15) is 22.8 Å². The van der Waals surface area contributed by atoms with E-state index >= 15 is 0 Å². The van der Waals surface area contributed by atoms with Gasteiger partial charge in [-0.2, -0.15) is 0 Å². The summed E-state index contributed by atoms with van der Waals surface area (Å²) in [6.45, 7) is 2.41. The van der Waals surface area contributed by atoms with Gasteiger partial charge in [0, 0.05) is 12.7 Å². The molecule has 1 unspecified atom stereocenters. The first kappa shape index (κ1) is 22.3. The normalized spacial score (nSPS) is 17.6. The zero-order valence-electron chi connectivity index (χ0n) is 17.0. The number of halogens is 1. The molecule has 0 saturated heterocycles. The number of primary amides is 1. The van der Waals surface area contributed by atoms with Gasteiger partial charge in [0.2, 0.25) is 5.91 Å². The third-order valence-corrected chi connectivity index (χ3v) is 5.13. The Bertz CT molecular complexity index is 1050. The summed E-state index contributed by atoms with van der Waals surface area (Å²) in [4.78, 5) is 41.2. The van der Waals surface area contributed by atoms with Crippen LogP contribution in [-0.2, 0) is 15.1 Å². The summed E-state index contributed by atoms with van der Waals surface area (Å²) in [5.41, 5.74) is 5.25. The number of nitrogens with zero attached hydrogens (tertiary/aromatic N) is 1. The van der Waals surface area contributed by atoms with E-state index in [-0.39, 0.29) is 23.0 Å². The molecule has 1 aliphatic rings. The van der Waals surface area contributed by atoms with Crippen molar-refractivity contribution in [3.8, 4) is 5.75 Å². The number of carbonyl (C=O) groups excluding carboxylic acids is 3. The molecule has 1 heterocycles. The Labute approximate surface area is 184 Å². The lowest BCUT2D eigenvalue weighted by Crippen LogP contribution is -2.58. The second kappa shape index (κ2) is 9.15. The Morgan fingerprint density at radius 2 is 1.90 bits per heavy atom. The van der Waals surface area contributed by atoms with E-state index in [1.54, 1.807) is 42.5 Å². The Morgan fingerprint density at radius 3 is 2.48 bits per heavy atom. The summed E-state index contributed by atoms with van der Waals surface area (Å²) in [5.74, 6) is -1.10. The second-order valence-corrected chi connectivity index (χ2v) is 7.05. The molecule has 162 valence electrons. The second-order valence-electron chi connectivity index (χ2n) is 6.64. The molecule has 0 bridgehead atoms. The number of nitrogens with one attached hydrogen (secondary N) is 3. The zero-order chi connectivity index (χ0) is 22.6. The molecule has 0 aliphatic carbocycles. The molecule has 0 saturated carbocycles. The van der Waals surface area contributed by atoms with Crippen molar-refractivity contribution in [2.45, 2.75) is 12.5 Å². The smallest absolute Gasteiger partial charge is 0.267 e. The van der Waals surface area contributed by atoms with E-state index < -0.39 is 23.3 Å². The van der Waals surface area contributed by atoms with E-state index in [2.05, 4.69) is 20.9 Å². The van der Waals surface area contributed by atoms with Crippen LogP contribution < -0.4 is 26.4 Å². The summed E-state index contributed by atoms with van der Waals surface area (Å²) in [7, 11) is 1.44. The van der Waals surface area contributed by atoms with Crippen LogP contribution in [-0.4, -0.2) is 43.8 Å². The van der Waals surface area contributed by atoms with Gasteiger partial charge in [-0.3, -0.25) is 24.7 Å². The van der Waals surface area contributed by atoms with Gasteiger partial charge in [0.15, 0.2) is 5.54 Å². The fourth-order valence-electron chi connectivity index (χ4n) is 3.32. The van der Waals surface area contributed by atoms with Gasteiger partial charge < -0.3 is 21.1 Å². The van der Waals surface area contributed by atoms with Gasteiger partial charge >= 0.3 is 0 Å². The van der Waals surface area contributed by atoms with E-state index in [1.165, 1.54) is 7.05 Å². The molecule has 2 aromatic carbocycles. The van der Waals surface area contributed by atoms with Gasteiger partial charge in [-0.15, -0.1) is 0 Å². The van der Waals surface area contributed by atoms with E-state index in [9.17, 15) is 14.4 Å². The van der Waals surface area contributed by atoms with Gasteiger partial charge in [0.1, 0.15) is 11.5 Å². The molecule has 9 nitrogen and oxygen atoms in total. The van der Waals surface area contributed by atoms with Crippen LogP contribution >= 0.6 is 11.6 Å². The average molecular weight is 444 g/mol. The van der Waals surface area contributed by atoms with Crippen LogP contribution in [0, 0.1) is 0 Å². The Hall–Kier alpha value is -3.43. The maximum atomic E-state index is 12.6. The summed E-state index contributed by atoms with van der Waals surface area (Å²) >= 11 is 6.20. The van der Waals surface area contributed by atoms with Crippen LogP contribution in [0.2, 0.25) is 5.02 Å². The highest BCUT2D eigenvalue weighted by Gasteiger charge is 2.49. The SMILES string of the molecule is CCOc1ccc(C(=O)Nc2ccc(C3(C(N)=O)NCN=C3C(=O)NC)cc2)c(Cl)c1. The summed E-state index contributed by atoms with van der Waals surface area (Å²) in [6, 6.07) is 11.2. The monoisotopic (exact) mass is 443 g/mol. The number of hydrogen-bond donors (Lipinski definition) is 4. The largest absolute Gasteiger partial charge is 0.494 e. The van der Waals surface area contributed by atoms with Crippen LogP contribution in [0.5, 0.6) is 5.75 Å². The van der Waals surface area contributed by atoms with Gasteiger partial charge in [0.05, 0.1) is 23.9 Å². The Morgan fingerprint density at radius 1 is 1.19 bits per heavy atom. The molecule has 0 radical (unpaired) electrons. The molecule has 3 amide bonds. The molecule has 31 heavy (non-hydrogen) atoms. The summed E-state index contributed by atoms with van der Waals surface area (Å²) < 4.78 is 5.37. The van der Waals surface area contributed by atoms with Crippen molar-refractivity contribution in [2.24, 2.45) is 10.7 Å². The van der Waals surface area contributed by atoms with Crippen molar-refractivity contribution in [1.82, 2.24) is 10.6 Å². The van der Waals surface area contributed by atoms with Crippen molar-refractivity contribution >= 4 is 40.7 Å². The minimum Gasteiger partial charge on any atom is -0.494 e. The molecule has 10 heteroatoms. The van der Waals surface area contributed by atoms with Crippen LogP contribution in [0.3, 0.4) is 0 Å². The van der Waals surface area contributed by atoms with E-state index in [4.69, 9.17) is 22.1 Å². The molecule has 0 fully saturated rings. The first-order chi connectivity index (χ1) is 14.8. The molecule has 1 atom stereocenters. The highest BCUT2D eigenvalue weighted by molar-refractivity contribution is 6.47. The van der Waals surface area contributed by atoms with Gasteiger partial charge in [-0.05, 0) is 42.8 Å². The molecule has 2 aromatic rings. The quantitative estimate of drug-likeness (QED) is 0.513. The lowest BCUT2D eigenvalue weighted by Gasteiger charge is -2.27. The number of carbonyl (C=O) groups is 3. The van der Waals surface area contributed by atoms with Crippen molar-refractivity contribution < 1.29 is 19.1 Å². The maximum Gasteiger partial charge on any atom is 0.267 e. The highest BCUT2D eigenvalue weighted by atomic mass is 35.5. The van der Waals surface area contributed by atoms with E-state index in [0.29, 0.717) is 23.6 Å². The minimum atomic E-state index is -1.55. The first-order valence-corrected chi connectivity index (χ1v) is 9.87. The van der Waals surface area contributed by atoms with Crippen LogP contribution in [0.25, 0.3) is 0 Å². The Balaban J connectivity index is 1.83. The fraction of sp³-hybridized carbons (Fsp3) is 0.238. The van der Waals surface area contributed by atoms with Crippen LogP contribution in [0.4, 0.5) is 5.69 Å². The molecule has 1 aliphatic heterocycles. The average Bonchev–Trinajstić information content (AvgIpc) is 3.20. The predicted octanol–water partition coefficient (Wildman–Crippen LogP) is 1.42. The van der Waals surface area contributed by atoms with Gasteiger partial charge in [-0.1, -0.05) is 23.7 Å². The van der Waals surface area contributed by atoms with E-state index in [0.717, 1.165) is 0 Å². The number of anilines is 1. The highest BCUT2D eigenvalue weighted by Crippen LogP contribution is 2.29. The number of nitrogens with two attached hydrogens (primary N) is 1. The predicted molar refractivity (Wildman–Crippen MR) is 117 cm³/mol. The third-order valence-electron chi connectivity index (χ3n) is 4.82. The molecular weight excluding hydrogens is 422 g/mol. The molecule has 3 rings (SSSR count). The zero-order valence-corrected chi connectivity index (χ0v) is 17.7. The first-order valence-electron chi connectivity index (χ1n) is 9.49. The number of benzene rings is 2. The van der Waals surface area contributed by atoms with Crippen molar-refractivity contribution in [3.63, 3.8) is 0 Å². The maximum absolute atomic E-state index is 12.6. The van der Waals surface area contributed by atoms with Crippen molar-refractivity contribution in [1.29, 1.82) is 0 Å². The van der Waals surface area contributed by atoms with Gasteiger partial charge in [0.25, 0.3) is 11.8 Å². The lowest BCUT2D eigenvalue weighted by molar-refractivity contribution is -0.123. The Kier molecular flexibility index (Phi) is 6.57. The van der Waals surface area contributed by atoms with Crippen molar-refractivity contribution in [2.75, 3.05) is 25.6 Å². The molecule has 5 N–H and O–H groups in total. The number of aliphatic imine (C=N–C) groups is 1. The topological polar surface area (TPSA) is 135 Å². The number of ether oxygens (including phenoxy) is 1.